The van der Waals surface area contributed by atoms with Crippen LogP contribution in [0.1, 0.15) is 38.8 Å². The average Bonchev–Trinajstić information content (AvgIpc) is 3.20. The van der Waals surface area contributed by atoms with E-state index in [1.807, 2.05) is 23.1 Å². The molecule has 1 aliphatic carbocycles. The number of hydrogen-bond donors (Lipinski definition) is 1. The van der Waals surface area contributed by atoms with Crippen LogP contribution in [0, 0.1) is 5.92 Å². The van der Waals surface area contributed by atoms with Gasteiger partial charge in [0, 0.05) is 12.2 Å². The number of hydrogen-bond acceptors (Lipinski definition) is 3. The minimum atomic E-state index is -0.385. The highest BCUT2D eigenvalue weighted by atomic mass is 16.2. The second-order valence-electron chi connectivity index (χ2n) is 5.75. The molecule has 0 aliphatic heterocycles. The number of carbonyl (C=O) groups is 1. The molecule has 4 nitrogen and oxygen atoms in total. The number of nitrogens with zero attached hydrogens (tertiary/aromatic N) is 2. The maximum atomic E-state index is 12.4. The van der Waals surface area contributed by atoms with E-state index in [1.54, 1.807) is 6.20 Å². The van der Waals surface area contributed by atoms with Crippen LogP contribution in [0.2, 0.25) is 0 Å². The number of rotatable bonds is 6. The van der Waals surface area contributed by atoms with Gasteiger partial charge in [-0.1, -0.05) is 19.9 Å². The second-order valence-corrected chi connectivity index (χ2v) is 5.75. The van der Waals surface area contributed by atoms with Crippen LogP contribution in [0.4, 0.5) is 0 Å². The zero-order valence-electron chi connectivity index (χ0n) is 11.7. The van der Waals surface area contributed by atoms with E-state index in [9.17, 15) is 4.79 Å². The standard InChI is InChI=1S/C15H23N3O/c1-11(2)9-14(16)15(19)18(13-6-7-13)10-12-5-3-4-8-17-12/h3-5,8,11,13-14H,6-7,9-10,16H2,1-2H3/t14-/m1/s1. The number of nitrogens with two attached hydrogens (primary N) is 1. The van der Waals surface area contributed by atoms with E-state index in [1.165, 1.54) is 0 Å². The Kier molecular flexibility index (Phi) is 4.53. The Balaban J connectivity index is 2.01. The van der Waals surface area contributed by atoms with Gasteiger partial charge in [-0.05, 0) is 37.3 Å². The highest BCUT2D eigenvalue weighted by Crippen LogP contribution is 2.29. The smallest absolute Gasteiger partial charge is 0.240 e. The normalized spacial score (nSPS) is 16.4. The largest absolute Gasteiger partial charge is 0.332 e. The van der Waals surface area contributed by atoms with Crippen molar-refractivity contribution >= 4 is 5.91 Å². The van der Waals surface area contributed by atoms with Gasteiger partial charge < -0.3 is 10.6 Å². The van der Waals surface area contributed by atoms with Crippen LogP contribution in [-0.2, 0) is 11.3 Å². The van der Waals surface area contributed by atoms with Gasteiger partial charge in [0.25, 0.3) is 0 Å². The SMILES string of the molecule is CC(C)C[C@@H](N)C(=O)N(Cc1ccccn1)C1CC1. The van der Waals surface area contributed by atoms with Gasteiger partial charge in [-0.3, -0.25) is 9.78 Å². The predicted molar refractivity (Wildman–Crippen MR) is 75.2 cm³/mol. The molecule has 2 N–H and O–H groups in total. The Morgan fingerprint density at radius 1 is 1.47 bits per heavy atom. The number of pyridine rings is 1. The topological polar surface area (TPSA) is 59.2 Å². The Labute approximate surface area is 115 Å². The second kappa shape index (κ2) is 6.15. The van der Waals surface area contributed by atoms with E-state index in [0.717, 1.165) is 25.0 Å². The zero-order chi connectivity index (χ0) is 13.8. The van der Waals surface area contributed by atoms with Gasteiger partial charge in [-0.15, -0.1) is 0 Å². The highest BCUT2D eigenvalue weighted by molar-refractivity contribution is 5.82. The maximum Gasteiger partial charge on any atom is 0.240 e. The molecule has 0 radical (unpaired) electrons. The lowest BCUT2D eigenvalue weighted by Gasteiger charge is -2.26. The van der Waals surface area contributed by atoms with Crippen LogP contribution in [-0.4, -0.2) is 27.9 Å². The summed E-state index contributed by atoms with van der Waals surface area (Å²) in [5, 5.41) is 0. The van der Waals surface area contributed by atoms with Crippen molar-refractivity contribution in [2.45, 2.75) is 51.7 Å². The summed E-state index contributed by atoms with van der Waals surface area (Å²) >= 11 is 0. The van der Waals surface area contributed by atoms with Gasteiger partial charge in [0.05, 0.1) is 18.3 Å². The van der Waals surface area contributed by atoms with Crippen molar-refractivity contribution < 1.29 is 4.79 Å². The number of amides is 1. The third kappa shape index (κ3) is 4.03. The Bertz CT molecular complexity index is 415. The van der Waals surface area contributed by atoms with Crippen molar-refractivity contribution in [3.05, 3.63) is 30.1 Å². The highest BCUT2D eigenvalue weighted by Gasteiger charge is 2.35. The van der Waals surface area contributed by atoms with E-state index >= 15 is 0 Å². The molecule has 2 rings (SSSR count). The summed E-state index contributed by atoms with van der Waals surface area (Å²) in [6.07, 6.45) is 4.68. The first-order chi connectivity index (χ1) is 9.08. The number of carbonyl (C=O) groups excluding carboxylic acids is 1. The molecule has 1 atom stereocenters. The molecular weight excluding hydrogens is 238 g/mol. The molecular formula is C15H23N3O. The fraction of sp³-hybridized carbons (Fsp3) is 0.600. The summed E-state index contributed by atoms with van der Waals surface area (Å²) in [7, 11) is 0. The van der Waals surface area contributed by atoms with Gasteiger partial charge in [0.2, 0.25) is 5.91 Å². The lowest BCUT2D eigenvalue weighted by Crippen LogP contribution is -2.45. The molecule has 19 heavy (non-hydrogen) atoms. The van der Waals surface area contributed by atoms with Gasteiger partial charge in [-0.25, -0.2) is 0 Å². The Morgan fingerprint density at radius 3 is 2.74 bits per heavy atom. The third-order valence-electron chi connectivity index (χ3n) is 3.37. The van der Waals surface area contributed by atoms with Crippen LogP contribution < -0.4 is 5.73 Å². The summed E-state index contributed by atoms with van der Waals surface area (Å²) in [5.41, 5.74) is 6.96. The predicted octanol–water partition coefficient (Wildman–Crippen LogP) is 1.95. The van der Waals surface area contributed by atoms with E-state index < -0.39 is 0 Å². The summed E-state index contributed by atoms with van der Waals surface area (Å²) < 4.78 is 0. The van der Waals surface area contributed by atoms with E-state index in [4.69, 9.17) is 5.73 Å². The Morgan fingerprint density at radius 2 is 2.21 bits per heavy atom. The maximum absolute atomic E-state index is 12.4. The van der Waals surface area contributed by atoms with Crippen LogP contribution >= 0.6 is 0 Å². The molecule has 0 unspecified atom stereocenters. The fourth-order valence-corrected chi connectivity index (χ4v) is 2.26. The molecule has 0 spiro atoms. The average molecular weight is 261 g/mol. The minimum absolute atomic E-state index is 0.0712. The van der Waals surface area contributed by atoms with Gasteiger partial charge in [-0.2, -0.15) is 0 Å². The van der Waals surface area contributed by atoms with Crippen molar-refractivity contribution in [2.24, 2.45) is 11.7 Å². The van der Waals surface area contributed by atoms with Crippen molar-refractivity contribution in [3.8, 4) is 0 Å². The van der Waals surface area contributed by atoms with Gasteiger partial charge in [0.1, 0.15) is 0 Å². The molecule has 104 valence electrons. The lowest BCUT2D eigenvalue weighted by atomic mass is 10.0. The van der Waals surface area contributed by atoms with Crippen LogP contribution in [0.15, 0.2) is 24.4 Å². The van der Waals surface area contributed by atoms with Crippen molar-refractivity contribution in [1.82, 2.24) is 9.88 Å². The molecule has 1 fully saturated rings. The summed E-state index contributed by atoms with van der Waals surface area (Å²) in [6, 6.07) is 5.77. The molecule has 0 aromatic carbocycles. The van der Waals surface area contributed by atoms with Crippen LogP contribution in [0.5, 0.6) is 0 Å². The molecule has 1 heterocycles. The number of aromatic nitrogens is 1. The molecule has 1 saturated carbocycles. The van der Waals surface area contributed by atoms with Gasteiger partial charge in [0.15, 0.2) is 0 Å². The quantitative estimate of drug-likeness (QED) is 0.851. The van der Waals surface area contributed by atoms with Crippen LogP contribution in [0.3, 0.4) is 0 Å². The van der Waals surface area contributed by atoms with Crippen molar-refractivity contribution in [2.75, 3.05) is 0 Å². The summed E-state index contributed by atoms with van der Waals surface area (Å²) in [5.74, 6) is 0.511. The Hall–Kier alpha value is -1.42. The van der Waals surface area contributed by atoms with Crippen molar-refractivity contribution in [3.63, 3.8) is 0 Å². The van der Waals surface area contributed by atoms with Gasteiger partial charge >= 0.3 is 0 Å². The third-order valence-corrected chi connectivity index (χ3v) is 3.37. The lowest BCUT2D eigenvalue weighted by molar-refractivity contribution is -0.134. The molecule has 1 aliphatic rings. The first-order valence-corrected chi connectivity index (χ1v) is 7.04. The molecule has 1 aromatic heterocycles. The zero-order valence-corrected chi connectivity index (χ0v) is 11.7. The van der Waals surface area contributed by atoms with E-state index in [0.29, 0.717) is 18.5 Å². The van der Waals surface area contributed by atoms with E-state index in [-0.39, 0.29) is 11.9 Å². The van der Waals surface area contributed by atoms with Crippen LogP contribution in [0.25, 0.3) is 0 Å². The first kappa shape index (κ1) is 14.0. The molecule has 1 amide bonds. The van der Waals surface area contributed by atoms with E-state index in [2.05, 4.69) is 18.8 Å². The summed E-state index contributed by atoms with van der Waals surface area (Å²) in [4.78, 5) is 18.6. The molecule has 1 aromatic rings. The monoisotopic (exact) mass is 261 g/mol. The van der Waals surface area contributed by atoms with Crippen molar-refractivity contribution in [1.29, 1.82) is 0 Å². The minimum Gasteiger partial charge on any atom is -0.332 e. The molecule has 4 heteroatoms. The summed E-state index contributed by atoms with van der Waals surface area (Å²) in [6.45, 7) is 4.76. The first-order valence-electron chi connectivity index (χ1n) is 7.04. The molecule has 0 saturated heterocycles. The fourth-order valence-electron chi connectivity index (χ4n) is 2.26. The molecule has 0 bridgehead atoms.